The fourth-order valence-corrected chi connectivity index (χ4v) is 1.96. The van der Waals surface area contributed by atoms with Crippen LogP contribution in [0.5, 0.6) is 0 Å². The average Bonchev–Trinajstić information content (AvgIpc) is 2.28. The lowest BCUT2D eigenvalue weighted by molar-refractivity contribution is 0.473. The van der Waals surface area contributed by atoms with Gasteiger partial charge >= 0.3 is 0 Å². The molecule has 0 amide bonds. The number of benzene rings is 1. The number of rotatable bonds is 6. The molecule has 108 valence electrons. The second-order valence-electron chi connectivity index (χ2n) is 5.61. The molecule has 19 heavy (non-hydrogen) atoms. The molecule has 1 aromatic rings. The molecule has 0 bridgehead atoms. The van der Waals surface area contributed by atoms with E-state index in [1.54, 1.807) is 32.0 Å². The van der Waals surface area contributed by atoms with Crippen LogP contribution < -0.4 is 5.32 Å². The van der Waals surface area contributed by atoms with Crippen LogP contribution in [0.1, 0.15) is 26.3 Å². The standard InChI is InChI=1S/C14H22FNO2S/c1-11(9-12-7-5-6-8-13(12)15)16-10-14(2,3)19(4,17)18/h5-8,11,16H,9-10H2,1-4H3. The summed E-state index contributed by atoms with van der Waals surface area (Å²) in [4.78, 5) is 0. The Balaban J connectivity index is 2.58. The predicted octanol–water partition coefficient (Wildman–Crippen LogP) is 2.17. The molecule has 1 unspecified atom stereocenters. The first-order chi connectivity index (χ1) is 8.63. The Morgan fingerprint density at radius 3 is 2.42 bits per heavy atom. The molecule has 3 nitrogen and oxygen atoms in total. The highest BCUT2D eigenvalue weighted by Crippen LogP contribution is 2.14. The molecule has 0 aromatic heterocycles. The van der Waals surface area contributed by atoms with Gasteiger partial charge in [0.15, 0.2) is 9.84 Å². The maximum Gasteiger partial charge on any atom is 0.153 e. The normalized spacial score (nSPS) is 14.4. The fraction of sp³-hybridized carbons (Fsp3) is 0.571. The molecule has 1 atom stereocenters. The van der Waals surface area contributed by atoms with E-state index in [1.807, 2.05) is 6.92 Å². The first-order valence-corrected chi connectivity index (χ1v) is 8.19. The topological polar surface area (TPSA) is 46.2 Å². The van der Waals surface area contributed by atoms with E-state index in [9.17, 15) is 12.8 Å². The molecule has 0 aliphatic heterocycles. The summed E-state index contributed by atoms with van der Waals surface area (Å²) in [6, 6.07) is 6.64. The maximum absolute atomic E-state index is 13.5. The van der Waals surface area contributed by atoms with Gasteiger partial charge in [-0.25, -0.2) is 12.8 Å². The molecular weight excluding hydrogens is 265 g/mol. The van der Waals surface area contributed by atoms with Crippen molar-refractivity contribution in [3.8, 4) is 0 Å². The van der Waals surface area contributed by atoms with Crippen molar-refractivity contribution in [3.63, 3.8) is 0 Å². The minimum atomic E-state index is -3.12. The minimum Gasteiger partial charge on any atom is -0.312 e. The van der Waals surface area contributed by atoms with Crippen molar-refractivity contribution in [2.24, 2.45) is 0 Å². The third kappa shape index (κ3) is 4.58. The van der Waals surface area contributed by atoms with Crippen molar-refractivity contribution >= 4 is 9.84 Å². The molecule has 1 rings (SSSR count). The Morgan fingerprint density at radius 1 is 1.32 bits per heavy atom. The average molecular weight is 287 g/mol. The van der Waals surface area contributed by atoms with Gasteiger partial charge in [0.2, 0.25) is 0 Å². The summed E-state index contributed by atoms with van der Waals surface area (Å²) in [5, 5.41) is 3.16. The maximum atomic E-state index is 13.5. The molecule has 1 N–H and O–H groups in total. The van der Waals surface area contributed by atoms with E-state index in [0.29, 0.717) is 18.5 Å². The van der Waals surface area contributed by atoms with E-state index < -0.39 is 14.6 Å². The van der Waals surface area contributed by atoms with E-state index in [-0.39, 0.29) is 11.9 Å². The number of nitrogens with one attached hydrogen (secondary N) is 1. The summed E-state index contributed by atoms with van der Waals surface area (Å²) in [6.07, 6.45) is 1.77. The lowest BCUT2D eigenvalue weighted by atomic mass is 10.1. The summed E-state index contributed by atoms with van der Waals surface area (Å²) >= 11 is 0. The predicted molar refractivity (Wildman–Crippen MR) is 76.5 cm³/mol. The van der Waals surface area contributed by atoms with Crippen LogP contribution in [-0.2, 0) is 16.3 Å². The molecule has 0 heterocycles. The van der Waals surface area contributed by atoms with Crippen LogP contribution in [0.2, 0.25) is 0 Å². The first-order valence-electron chi connectivity index (χ1n) is 6.30. The summed E-state index contributed by atoms with van der Waals surface area (Å²) in [5.41, 5.74) is 0.639. The van der Waals surface area contributed by atoms with Crippen molar-refractivity contribution in [1.82, 2.24) is 5.32 Å². The molecule has 5 heteroatoms. The van der Waals surface area contributed by atoms with E-state index in [4.69, 9.17) is 0 Å². The SMILES string of the molecule is CC(Cc1ccccc1F)NCC(C)(C)S(C)(=O)=O. The van der Waals surface area contributed by atoms with Crippen LogP contribution >= 0.6 is 0 Å². The highest BCUT2D eigenvalue weighted by atomic mass is 32.2. The van der Waals surface area contributed by atoms with E-state index in [2.05, 4.69) is 5.32 Å². The number of halogens is 1. The third-order valence-corrected chi connectivity index (χ3v) is 5.52. The van der Waals surface area contributed by atoms with Crippen LogP contribution in [-0.4, -0.2) is 32.0 Å². The zero-order valence-corrected chi connectivity index (χ0v) is 12.7. The van der Waals surface area contributed by atoms with Gasteiger partial charge in [-0.05, 0) is 38.8 Å². The number of hydrogen-bond donors (Lipinski definition) is 1. The molecule has 0 saturated carbocycles. The van der Waals surface area contributed by atoms with Gasteiger partial charge < -0.3 is 5.32 Å². The van der Waals surface area contributed by atoms with Gasteiger partial charge in [0.25, 0.3) is 0 Å². The molecule has 0 aliphatic carbocycles. The quantitative estimate of drug-likeness (QED) is 0.872. The monoisotopic (exact) mass is 287 g/mol. The van der Waals surface area contributed by atoms with Gasteiger partial charge in [0, 0.05) is 18.8 Å². The Hall–Kier alpha value is -0.940. The second kappa shape index (κ2) is 6.01. The van der Waals surface area contributed by atoms with Crippen LogP contribution in [0.15, 0.2) is 24.3 Å². The van der Waals surface area contributed by atoms with Crippen molar-refractivity contribution in [2.75, 3.05) is 12.8 Å². The van der Waals surface area contributed by atoms with E-state index in [0.717, 1.165) is 0 Å². The van der Waals surface area contributed by atoms with Crippen molar-refractivity contribution in [3.05, 3.63) is 35.6 Å². The Morgan fingerprint density at radius 2 is 1.89 bits per heavy atom. The van der Waals surface area contributed by atoms with Crippen LogP contribution in [0.25, 0.3) is 0 Å². The fourth-order valence-electron chi connectivity index (χ4n) is 1.62. The van der Waals surface area contributed by atoms with Crippen molar-refractivity contribution in [1.29, 1.82) is 0 Å². The van der Waals surface area contributed by atoms with Crippen LogP contribution in [0, 0.1) is 5.82 Å². The number of sulfone groups is 1. The molecular formula is C14H22FNO2S. The van der Waals surface area contributed by atoms with Crippen LogP contribution in [0.4, 0.5) is 4.39 Å². The molecule has 0 aliphatic rings. The van der Waals surface area contributed by atoms with E-state index in [1.165, 1.54) is 12.3 Å². The largest absolute Gasteiger partial charge is 0.312 e. The van der Waals surface area contributed by atoms with Crippen molar-refractivity contribution < 1.29 is 12.8 Å². The molecule has 0 spiro atoms. The van der Waals surface area contributed by atoms with Gasteiger partial charge in [0.1, 0.15) is 5.82 Å². The highest BCUT2D eigenvalue weighted by molar-refractivity contribution is 7.92. The first kappa shape index (κ1) is 16.1. The lowest BCUT2D eigenvalue weighted by Gasteiger charge is -2.25. The Bertz CT molecular complexity index is 526. The van der Waals surface area contributed by atoms with Crippen molar-refractivity contribution in [2.45, 2.75) is 38.0 Å². The summed E-state index contributed by atoms with van der Waals surface area (Å²) in [7, 11) is -3.12. The second-order valence-corrected chi connectivity index (χ2v) is 8.26. The molecule has 0 fully saturated rings. The summed E-state index contributed by atoms with van der Waals surface area (Å²) < 4.78 is 35.8. The molecule has 0 saturated heterocycles. The van der Waals surface area contributed by atoms with E-state index >= 15 is 0 Å². The van der Waals surface area contributed by atoms with Gasteiger partial charge in [-0.15, -0.1) is 0 Å². The lowest BCUT2D eigenvalue weighted by Crippen LogP contribution is -2.45. The zero-order chi connectivity index (χ0) is 14.7. The van der Waals surface area contributed by atoms with Gasteiger partial charge in [-0.3, -0.25) is 0 Å². The Labute approximate surface area is 115 Å². The highest BCUT2D eigenvalue weighted by Gasteiger charge is 2.30. The van der Waals surface area contributed by atoms with Gasteiger partial charge in [0.05, 0.1) is 4.75 Å². The van der Waals surface area contributed by atoms with Crippen LogP contribution in [0.3, 0.4) is 0 Å². The molecule has 1 aromatic carbocycles. The summed E-state index contributed by atoms with van der Waals surface area (Å²) in [6.45, 7) is 5.64. The minimum absolute atomic E-state index is 0.0120. The smallest absolute Gasteiger partial charge is 0.153 e. The summed E-state index contributed by atoms with van der Waals surface area (Å²) in [5.74, 6) is -0.224. The Kier molecular flexibility index (Phi) is 5.10. The molecule has 0 radical (unpaired) electrons. The van der Waals surface area contributed by atoms with Gasteiger partial charge in [-0.1, -0.05) is 18.2 Å². The third-order valence-electron chi connectivity index (χ3n) is 3.36. The van der Waals surface area contributed by atoms with Gasteiger partial charge in [-0.2, -0.15) is 0 Å². The number of hydrogen-bond acceptors (Lipinski definition) is 3. The zero-order valence-electron chi connectivity index (χ0n) is 11.9.